The van der Waals surface area contributed by atoms with Gasteiger partial charge < -0.3 is 15.0 Å². The number of amides is 1. The van der Waals surface area contributed by atoms with Crippen molar-refractivity contribution in [2.45, 2.75) is 50.9 Å². The maximum atomic E-state index is 13.1. The molecule has 1 N–H and O–H groups in total. The molecule has 1 spiro atoms. The van der Waals surface area contributed by atoms with Gasteiger partial charge in [0, 0.05) is 42.2 Å². The maximum absolute atomic E-state index is 13.1. The highest BCUT2D eigenvalue weighted by atomic mass is 32.2. The van der Waals surface area contributed by atoms with Crippen LogP contribution in [-0.2, 0) is 26.7 Å². The molecule has 4 aromatic rings. The smallest absolute Gasteiger partial charge is 0.251 e. The molecule has 1 aromatic carbocycles. The van der Waals surface area contributed by atoms with Crippen molar-refractivity contribution in [2.24, 2.45) is 0 Å². The summed E-state index contributed by atoms with van der Waals surface area (Å²) in [6, 6.07) is 17.2. The van der Waals surface area contributed by atoms with Crippen LogP contribution in [0.3, 0.4) is 0 Å². The normalized spacial score (nSPS) is 20.8. The molecule has 222 valence electrons. The van der Waals surface area contributed by atoms with Crippen LogP contribution in [0.1, 0.15) is 48.3 Å². The molecule has 7 rings (SSSR count). The zero-order valence-electron chi connectivity index (χ0n) is 24.4. The molecule has 1 aliphatic carbocycles. The fourth-order valence-electron chi connectivity index (χ4n) is 6.32. The second-order valence-corrected chi connectivity index (χ2v) is 14.0. The fraction of sp³-hybridized carbons (Fsp3) is 0.375. The molecule has 3 aromatic heterocycles. The summed E-state index contributed by atoms with van der Waals surface area (Å²) in [7, 11) is -3.43. The molecule has 3 aliphatic rings. The summed E-state index contributed by atoms with van der Waals surface area (Å²) in [5.74, 6) is 0.613. The minimum absolute atomic E-state index is 0.0925. The highest BCUT2D eigenvalue weighted by Gasteiger charge is 2.53. The van der Waals surface area contributed by atoms with Gasteiger partial charge in [-0.15, -0.1) is 0 Å². The number of rotatable bonds is 6. The van der Waals surface area contributed by atoms with Gasteiger partial charge in [0.1, 0.15) is 5.82 Å². The lowest BCUT2D eigenvalue weighted by atomic mass is 9.97. The molecule has 1 saturated heterocycles. The minimum atomic E-state index is -3.43. The van der Waals surface area contributed by atoms with Crippen LogP contribution < -0.4 is 14.5 Å². The molecular formula is C32H34N6O4S. The number of anilines is 2. The first-order valence-electron chi connectivity index (χ1n) is 14.6. The van der Waals surface area contributed by atoms with Gasteiger partial charge in [0.15, 0.2) is 0 Å². The lowest BCUT2D eigenvalue weighted by Crippen LogP contribution is -2.45. The molecule has 11 heteroatoms. The minimum Gasteiger partial charge on any atom is -0.372 e. The average Bonchev–Trinajstić information content (AvgIpc) is 3.69. The van der Waals surface area contributed by atoms with E-state index in [0.29, 0.717) is 23.5 Å². The van der Waals surface area contributed by atoms with Crippen molar-refractivity contribution < 1.29 is 17.9 Å². The third kappa shape index (κ3) is 5.31. The summed E-state index contributed by atoms with van der Waals surface area (Å²) in [5, 5.41) is 3.82. The van der Waals surface area contributed by atoms with Gasteiger partial charge in [0.05, 0.1) is 53.3 Å². The Bertz CT molecular complexity index is 1850. The molecule has 1 saturated carbocycles. The van der Waals surface area contributed by atoms with Crippen LogP contribution in [0.2, 0.25) is 0 Å². The zero-order chi connectivity index (χ0) is 29.9. The summed E-state index contributed by atoms with van der Waals surface area (Å²) >= 11 is 0. The van der Waals surface area contributed by atoms with Crippen molar-refractivity contribution in [1.82, 2.24) is 20.3 Å². The number of nitrogens with one attached hydrogen (secondary N) is 1. The summed E-state index contributed by atoms with van der Waals surface area (Å²) in [4.78, 5) is 29.7. The van der Waals surface area contributed by atoms with Crippen LogP contribution in [0, 0.1) is 0 Å². The van der Waals surface area contributed by atoms with Crippen LogP contribution in [0.25, 0.3) is 22.3 Å². The van der Waals surface area contributed by atoms with Gasteiger partial charge in [-0.05, 0) is 74.7 Å². The third-order valence-corrected chi connectivity index (χ3v) is 9.73. The lowest BCUT2D eigenvalue weighted by molar-refractivity contribution is -0.00545. The van der Waals surface area contributed by atoms with Gasteiger partial charge in [0.2, 0.25) is 10.0 Å². The number of aromatic nitrogens is 3. The van der Waals surface area contributed by atoms with Crippen molar-refractivity contribution in [1.29, 1.82) is 0 Å². The number of carbonyl (C=O) groups excluding carboxylic acids is 1. The van der Waals surface area contributed by atoms with Gasteiger partial charge in [0.25, 0.3) is 5.91 Å². The van der Waals surface area contributed by atoms with E-state index >= 15 is 0 Å². The summed E-state index contributed by atoms with van der Waals surface area (Å²) in [6.07, 6.45) is 5.18. The second kappa shape index (κ2) is 10.3. The number of hydrogen-bond donors (Lipinski definition) is 1. The summed E-state index contributed by atoms with van der Waals surface area (Å²) in [6.45, 7) is 6.38. The number of sulfonamides is 1. The summed E-state index contributed by atoms with van der Waals surface area (Å²) < 4.78 is 32.2. The predicted octanol–water partition coefficient (Wildman–Crippen LogP) is 4.05. The number of hydrogen-bond acceptors (Lipinski definition) is 8. The number of nitrogens with zero attached hydrogens (tertiary/aromatic N) is 5. The Labute approximate surface area is 251 Å². The van der Waals surface area contributed by atoms with Gasteiger partial charge in [-0.25, -0.2) is 18.4 Å². The fourth-order valence-corrected chi connectivity index (χ4v) is 7.31. The molecule has 0 unspecified atom stereocenters. The van der Waals surface area contributed by atoms with E-state index in [4.69, 9.17) is 14.7 Å². The van der Waals surface area contributed by atoms with E-state index in [1.165, 1.54) is 10.6 Å². The Morgan fingerprint density at radius 1 is 1.02 bits per heavy atom. The first kappa shape index (κ1) is 27.7. The van der Waals surface area contributed by atoms with Crippen LogP contribution >= 0.6 is 0 Å². The first-order valence-corrected chi connectivity index (χ1v) is 16.5. The molecule has 2 atom stereocenters. The van der Waals surface area contributed by atoms with Gasteiger partial charge in [-0.3, -0.25) is 14.1 Å². The summed E-state index contributed by atoms with van der Waals surface area (Å²) in [5.41, 5.74) is 4.92. The predicted molar refractivity (Wildman–Crippen MR) is 166 cm³/mol. The third-order valence-electron chi connectivity index (χ3n) is 8.60. The number of fused-ring (bicyclic) bond motifs is 3. The SMILES string of the molecule is C[C@@H]1CN(c2cccc(-c3ccc4cnc(CNC(=O)c5ccc6c(c5)N(S(C)(=O)=O)CC65CC5)cc4n3)n2)C[C@H](C)O1. The maximum Gasteiger partial charge on any atom is 0.251 e. The van der Waals surface area contributed by atoms with Crippen molar-refractivity contribution in [3.8, 4) is 11.4 Å². The quantitative estimate of drug-likeness (QED) is 0.353. The largest absolute Gasteiger partial charge is 0.372 e. The molecule has 0 radical (unpaired) electrons. The van der Waals surface area contributed by atoms with E-state index in [1.54, 1.807) is 18.3 Å². The Morgan fingerprint density at radius 2 is 1.79 bits per heavy atom. The molecule has 5 heterocycles. The highest BCUT2D eigenvalue weighted by Crippen LogP contribution is 2.57. The van der Waals surface area contributed by atoms with E-state index in [0.717, 1.165) is 59.6 Å². The van der Waals surface area contributed by atoms with Gasteiger partial charge in [-0.2, -0.15) is 0 Å². The van der Waals surface area contributed by atoms with Crippen molar-refractivity contribution in [2.75, 3.05) is 35.1 Å². The van der Waals surface area contributed by atoms with Gasteiger partial charge >= 0.3 is 0 Å². The molecule has 1 amide bonds. The van der Waals surface area contributed by atoms with Crippen molar-refractivity contribution in [3.63, 3.8) is 0 Å². The Kier molecular flexibility index (Phi) is 6.62. The van der Waals surface area contributed by atoms with E-state index in [9.17, 15) is 13.2 Å². The molecule has 2 fully saturated rings. The van der Waals surface area contributed by atoms with E-state index in [-0.39, 0.29) is 30.1 Å². The van der Waals surface area contributed by atoms with Crippen LogP contribution in [0.5, 0.6) is 0 Å². The lowest BCUT2D eigenvalue weighted by Gasteiger charge is -2.36. The number of carbonyl (C=O) groups is 1. The number of benzene rings is 1. The van der Waals surface area contributed by atoms with Crippen molar-refractivity contribution in [3.05, 3.63) is 77.6 Å². The molecule has 10 nitrogen and oxygen atoms in total. The Hall–Kier alpha value is -4.09. The number of pyridine rings is 3. The number of ether oxygens (including phenoxy) is 1. The van der Waals surface area contributed by atoms with E-state index < -0.39 is 10.0 Å². The first-order chi connectivity index (χ1) is 20.6. The second-order valence-electron chi connectivity index (χ2n) is 12.1. The van der Waals surface area contributed by atoms with Crippen molar-refractivity contribution >= 4 is 38.3 Å². The van der Waals surface area contributed by atoms with Gasteiger partial charge in [-0.1, -0.05) is 12.1 Å². The zero-order valence-corrected chi connectivity index (χ0v) is 25.3. The number of morpholine rings is 1. The topological polar surface area (TPSA) is 118 Å². The van der Waals surface area contributed by atoms with Crippen LogP contribution in [-0.4, -0.2) is 67.4 Å². The van der Waals surface area contributed by atoms with E-state index in [2.05, 4.69) is 29.0 Å². The van der Waals surface area contributed by atoms with Crippen LogP contribution in [0.4, 0.5) is 11.5 Å². The van der Waals surface area contributed by atoms with E-state index in [1.807, 2.05) is 42.5 Å². The standard InChI is InChI=1S/C32H34N6O4S/c1-20-17-37(18-21(2)42-20)30-6-4-5-26(36-30)27-10-8-23-15-33-24(14-28(23)35-27)16-34-31(39)22-7-9-25-29(13-22)38(43(3,40)41)19-32(25)11-12-32/h4-10,13-15,20-21H,11-12,16-19H2,1-3H3,(H,34,39)/t20-,21+. The molecule has 0 bridgehead atoms. The molecular weight excluding hydrogens is 564 g/mol. The Balaban J connectivity index is 1.08. The molecule has 2 aliphatic heterocycles. The molecule has 43 heavy (non-hydrogen) atoms. The Morgan fingerprint density at radius 3 is 2.53 bits per heavy atom. The van der Waals surface area contributed by atoms with Crippen LogP contribution in [0.15, 0.2) is 60.8 Å². The average molecular weight is 599 g/mol. The monoisotopic (exact) mass is 598 g/mol. The highest BCUT2D eigenvalue weighted by molar-refractivity contribution is 7.92.